The molecule has 1 aromatic carbocycles. The van der Waals surface area contributed by atoms with Crippen molar-refractivity contribution in [1.82, 2.24) is 14.9 Å². The molecule has 0 bridgehead atoms. The largest absolute Gasteiger partial charge is 0.370 e. The van der Waals surface area contributed by atoms with Crippen LogP contribution in [-0.4, -0.2) is 54.1 Å². The number of anilines is 2. The van der Waals surface area contributed by atoms with Gasteiger partial charge in [0.2, 0.25) is 0 Å². The van der Waals surface area contributed by atoms with Gasteiger partial charge in [-0.05, 0) is 17.9 Å². The third kappa shape index (κ3) is 6.36. The first kappa shape index (κ1) is 19.4. The number of piperazine rings is 1. The second-order valence-corrected chi connectivity index (χ2v) is 7.47. The maximum Gasteiger partial charge on any atom is 0.134 e. The van der Waals surface area contributed by atoms with Gasteiger partial charge < -0.3 is 10.2 Å². The van der Waals surface area contributed by atoms with E-state index in [1.165, 1.54) is 5.56 Å². The Kier molecular flexibility index (Phi) is 7.22. The molecule has 5 heteroatoms. The molecule has 27 heavy (non-hydrogen) atoms. The van der Waals surface area contributed by atoms with Gasteiger partial charge >= 0.3 is 0 Å². The maximum absolute atomic E-state index is 4.48. The standard InChI is InChI=1S/C22H31N5/c1-19(2)10-11-23-21-17-22(25-18-24-21)27-15-13-26(14-16-27)12-6-9-20-7-4-3-5-8-20/h3-9,17-19H,10-16H2,1-2H3,(H,23,24,25)/b9-6+. The monoisotopic (exact) mass is 365 g/mol. The van der Waals surface area contributed by atoms with Crippen LogP contribution < -0.4 is 10.2 Å². The second-order valence-electron chi connectivity index (χ2n) is 7.47. The molecule has 1 saturated heterocycles. The predicted molar refractivity (Wildman–Crippen MR) is 114 cm³/mol. The van der Waals surface area contributed by atoms with Crippen molar-refractivity contribution in [3.8, 4) is 0 Å². The lowest BCUT2D eigenvalue weighted by molar-refractivity contribution is 0.283. The van der Waals surface area contributed by atoms with Crippen LogP contribution >= 0.6 is 0 Å². The summed E-state index contributed by atoms with van der Waals surface area (Å²) in [4.78, 5) is 13.7. The fourth-order valence-electron chi connectivity index (χ4n) is 3.17. The number of rotatable bonds is 8. The summed E-state index contributed by atoms with van der Waals surface area (Å²) < 4.78 is 0. The highest BCUT2D eigenvalue weighted by atomic mass is 15.3. The molecule has 0 unspecified atom stereocenters. The Hall–Kier alpha value is -2.40. The van der Waals surface area contributed by atoms with E-state index in [0.717, 1.165) is 57.3 Å². The van der Waals surface area contributed by atoms with Gasteiger partial charge in [-0.2, -0.15) is 0 Å². The summed E-state index contributed by atoms with van der Waals surface area (Å²) in [6.07, 6.45) is 7.27. The van der Waals surface area contributed by atoms with Gasteiger partial charge in [0.15, 0.2) is 0 Å². The first-order valence-electron chi connectivity index (χ1n) is 9.95. The molecule has 0 radical (unpaired) electrons. The third-order valence-electron chi connectivity index (χ3n) is 4.85. The Balaban J connectivity index is 1.45. The number of aromatic nitrogens is 2. The highest BCUT2D eigenvalue weighted by Crippen LogP contribution is 2.16. The number of nitrogens with zero attached hydrogens (tertiary/aromatic N) is 4. The zero-order valence-corrected chi connectivity index (χ0v) is 16.5. The van der Waals surface area contributed by atoms with Crippen molar-refractivity contribution in [2.75, 3.05) is 49.5 Å². The molecule has 2 aromatic rings. The summed E-state index contributed by atoms with van der Waals surface area (Å²) in [5.41, 5.74) is 1.26. The summed E-state index contributed by atoms with van der Waals surface area (Å²) in [5, 5.41) is 3.41. The topological polar surface area (TPSA) is 44.3 Å². The van der Waals surface area contributed by atoms with Gasteiger partial charge in [0.1, 0.15) is 18.0 Å². The van der Waals surface area contributed by atoms with Crippen LogP contribution in [0.3, 0.4) is 0 Å². The smallest absolute Gasteiger partial charge is 0.134 e. The van der Waals surface area contributed by atoms with Crippen LogP contribution in [-0.2, 0) is 0 Å². The molecule has 1 aliphatic heterocycles. The van der Waals surface area contributed by atoms with E-state index >= 15 is 0 Å². The molecule has 0 atom stereocenters. The Morgan fingerprint density at radius 3 is 2.59 bits per heavy atom. The Morgan fingerprint density at radius 2 is 1.85 bits per heavy atom. The minimum Gasteiger partial charge on any atom is -0.370 e. The van der Waals surface area contributed by atoms with Crippen molar-refractivity contribution >= 4 is 17.7 Å². The van der Waals surface area contributed by atoms with Crippen molar-refractivity contribution in [3.63, 3.8) is 0 Å². The second kappa shape index (κ2) is 10.1. The summed E-state index contributed by atoms with van der Waals surface area (Å²) in [6, 6.07) is 12.5. The Morgan fingerprint density at radius 1 is 1.07 bits per heavy atom. The van der Waals surface area contributed by atoms with E-state index in [2.05, 4.69) is 87.5 Å². The van der Waals surface area contributed by atoms with Crippen molar-refractivity contribution in [3.05, 3.63) is 54.4 Å². The van der Waals surface area contributed by atoms with Crippen LogP contribution in [0.2, 0.25) is 0 Å². The minimum atomic E-state index is 0.697. The molecule has 1 N–H and O–H groups in total. The highest BCUT2D eigenvalue weighted by Gasteiger charge is 2.17. The van der Waals surface area contributed by atoms with Gasteiger partial charge in [-0.3, -0.25) is 4.90 Å². The SMILES string of the molecule is CC(C)CCNc1cc(N2CCN(C/C=C/c3ccccc3)CC2)ncn1. The molecule has 0 spiro atoms. The van der Waals surface area contributed by atoms with Gasteiger partial charge in [-0.25, -0.2) is 9.97 Å². The quantitative estimate of drug-likeness (QED) is 0.771. The molecular weight excluding hydrogens is 334 g/mol. The fraction of sp³-hybridized carbons (Fsp3) is 0.455. The molecule has 2 heterocycles. The van der Waals surface area contributed by atoms with E-state index in [1.807, 2.05) is 0 Å². The lowest BCUT2D eigenvalue weighted by Gasteiger charge is -2.34. The van der Waals surface area contributed by atoms with Crippen LogP contribution in [0.15, 0.2) is 48.8 Å². The Labute approximate surface area is 163 Å². The molecule has 1 aromatic heterocycles. The number of hydrogen-bond acceptors (Lipinski definition) is 5. The molecule has 0 saturated carbocycles. The summed E-state index contributed by atoms with van der Waals surface area (Å²) >= 11 is 0. The summed E-state index contributed by atoms with van der Waals surface area (Å²) in [5.74, 6) is 2.65. The molecule has 0 aliphatic carbocycles. The predicted octanol–water partition coefficient (Wildman–Crippen LogP) is 3.77. The van der Waals surface area contributed by atoms with Crippen molar-refractivity contribution in [1.29, 1.82) is 0 Å². The van der Waals surface area contributed by atoms with E-state index in [0.29, 0.717) is 5.92 Å². The van der Waals surface area contributed by atoms with Crippen LogP contribution in [0.1, 0.15) is 25.8 Å². The molecule has 144 valence electrons. The first-order chi connectivity index (χ1) is 13.2. The van der Waals surface area contributed by atoms with Gasteiger partial charge in [-0.15, -0.1) is 0 Å². The molecular formula is C22H31N5. The van der Waals surface area contributed by atoms with Crippen molar-refractivity contribution in [2.24, 2.45) is 5.92 Å². The Bertz CT molecular complexity index is 706. The van der Waals surface area contributed by atoms with Crippen molar-refractivity contribution < 1.29 is 0 Å². The summed E-state index contributed by atoms with van der Waals surface area (Å²) in [7, 11) is 0. The molecule has 1 fully saturated rings. The summed E-state index contributed by atoms with van der Waals surface area (Å²) in [6.45, 7) is 10.5. The number of hydrogen-bond donors (Lipinski definition) is 1. The first-order valence-corrected chi connectivity index (χ1v) is 9.95. The van der Waals surface area contributed by atoms with Gasteiger partial charge in [0, 0.05) is 45.3 Å². The zero-order valence-electron chi connectivity index (χ0n) is 16.5. The van der Waals surface area contributed by atoms with Gasteiger partial charge in [-0.1, -0.05) is 56.3 Å². The molecule has 5 nitrogen and oxygen atoms in total. The fourth-order valence-corrected chi connectivity index (χ4v) is 3.17. The van der Waals surface area contributed by atoms with E-state index < -0.39 is 0 Å². The normalized spacial score (nSPS) is 15.6. The van der Waals surface area contributed by atoms with E-state index in [-0.39, 0.29) is 0 Å². The average Bonchev–Trinajstić information content (AvgIpc) is 2.69. The van der Waals surface area contributed by atoms with E-state index in [9.17, 15) is 0 Å². The highest BCUT2D eigenvalue weighted by molar-refractivity contribution is 5.49. The lowest BCUT2D eigenvalue weighted by atomic mass is 10.1. The van der Waals surface area contributed by atoms with Crippen LogP contribution in [0.4, 0.5) is 11.6 Å². The lowest BCUT2D eigenvalue weighted by Crippen LogP contribution is -2.46. The van der Waals surface area contributed by atoms with Gasteiger partial charge in [0.05, 0.1) is 0 Å². The molecule has 1 aliphatic rings. The van der Waals surface area contributed by atoms with Crippen molar-refractivity contribution in [2.45, 2.75) is 20.3 Å². The van der Waals surface area contributed by atoms with E-state index in [4.69, 9.17) is 0 Å². The third-order valence-corrected chi connectivity index (χ3v) is 4.85. The molecule has 0 amide bonds. The van der Waals surface area contributed by atoms with Gasteiger partial charge in [0.25, 0.3) is 0 Å². The zero-order chi connectivity index (χ0) is 18.9. The van der Waals surface area contributed by atoms with Crippen LogP contribution in [0.25, 0.3) is 6.08 Å². The van der Waals surface area contributed by atoms with E-state index in [1.54, 1.807) is 6.33 Å². The average molecular weight is 366 g/mol. The molecule has 3 rings (SSSR count). The maximum atomic E-state index is 4.48. The van der Waals surface area contributed by atoms with Crippen LogP contribution in [0, 0.1) is 5.92 Å². The minimum absolute atomic E-state index is 0.697. The number of benzene rings is 1. The number of nitrogens with one attached hydrogen (secondary N) is 1. The van der Waals surface area contributed by atoms with Crippen LogP contribution in [0.5, 0.6) is 0 Å².